The third-order valence-electron chi connectivity index (χ3n) is 6.18. The number of anilines is 2. The van der Waals surface area contributed by atoms with Crippen LogP contribution in [-0.2, 0) is 4.79 Å². The van der Waals surface area contributed by atoms with Crippen molar-refractivity contribution in [2.75, 3.05) is 16.8 Å². The van der Waals surface area contributed by atoms with Gasteiger partial charge in [0.05, 0.1) is 16.8 Å². The minimum Gasteiger partial charge on any atom is -0.356 e. The highest BCUT2D eigenvalue weighted by Gasteiger charge is 2.41. The number of benzene rings is 3. The van der Waals surface area contributed by atoms with Crippen LogP contribution >= 0.6 is 0 Å². The molecule has 2 unspecified atom stereocenters. The highest BCUT2D eigenvalue weighted by molar-refractivity contribution is 6.05. The summed E-state index contributed by atoms with van der Waals surface area (Å²) in [7, 11) is 0. The molecule has 0 aliphatic carbocycles. The van der Waals surface area contributed by atoms with E-state index >= 15 is 0 Å². The monoisotopic (exact) mass is 424 g/mol. The van der Waals surface area contributed by atoms with Crippen molar-refractivity contribution >= 4 is 34.1 Å². The van der Waals surface area contributed by atoms with Crippen LogP contribution in [0.3, 0.4) is 0 Å². The van der Waals surface area contributed by atoms with Crippen LogP contribution in [-0.4, -0.2) is 35.6 Å². The van der Waals surface area contributed by atoms with E-state index in [1.807, 2.05) is 60.7 Å². The number of aromatic nitrogens is 1. The molecule has 7 heteroatoms. The van der Waals surface area contributed by atoms with E-state index < -0.39 is 0 Å². The van der Waals surface area contributed by atoms with Crippen molar-refractivity contribution in [1.82, 2.24) is 10.5 Å². The average molecular weight is 424 g/mol. The Morgan fingerprint density at radius 3 is 2.75 bits per heavy atom. The standard InChI is InChI=1S/C25H20N4O3/c30-24(16-10-11-19-18(12-16)23(32-28-19)15-6-2-1-3-7-15)26-17-13-22-25(31)27-20-8-4-5-9-21(20)29(22)14-17/h1-12,17,22H,13-14H2,(H,26,30)(H,27,31). The van der Waals surface area contributed by atoms with E-state index in [1.54, 1.807) is 12.1 Å². The molecule has 0 bridgehead atoms. The molecule has 158 valence electrons. The summed E-state index contributed by atoms with van der Waals surface area (Å²) < 4.78 is 5.55. The highest BCUT2D eigenvalue weighted by atomic mass is 16.5. The van der Waals surface area contributed by atoms with Gasteiger partial charge in [-0.05, 0) is 36.8 Å². The lowest BCUT2D eigenvalue weighted by Gasteiger charge is -2.32. The number of fused-ring (bicyclic) bond motifs is 4. The van der Waals surface area contributed by atoms with E-state index in [1.165, 1.54) is 0 Å². The summed E-state index contributed by atoms with van der Waals surface area (Å²) in [4.78, 5) is 27.7. The Kier molecular flexibility index (Phi) is 4.21. The van der Waals surface area contributed by atoms with Crippen LogP contribution in [0.25, 0.3) is 22.2 Å². The molecule has 0 saturated carbocycles. The molecule has 0 spiro atoms. The molecule has 1 fully saturated rings. The Labute approximate surface area is 184 Å². The van der Waals surface area contributed by atoms with Gasteiger partial charge in [-0.15, -0.1) is 0 Å². The summed E-state index contributed by atoms with van der Waals surface area (Å²) in [6, 6.07) is 22.4. The summed E-state index contributed by atoms with van der Waals surface area (Å²) in [5, 5.41) is 11.0. The van der Waals surface area contributed by atoms with Crippen molar-refractivity contribution in [3.8, 4) is 11.3 Å². The Bertz CT molecular complexity index is 1350. The van der Waals surface area contributed by atoms with Gasteiger partial charge in [-0.25, -0.2) is 0 Å². The second-order valence-electron chi connectivity index (χ2n) is 8.19. The van der Waals surface area contributed by atoms with Crippen LogP contribution in [0.5, 0.6) is 0 Å². The minimum absolute atomic E-state index is 0.0288. The zero-order valence-electron chi connectivity index (χ0n) is 17.1. The average Bonchev–Trinajstić information content (AvgIpc) is 3.44. The van der Waals surface area contributed by atoms with Gasteiger partial charge in [0.1, 0.15) is 11.6 Å². The second kappa shape index (κ2) is 7.23. The lowest BCUT2D eigenvalue weighted by molar-refractivity contribution is -0.117. The molecule has 6 rings (SSSR count). The Morgan fingerprint density at radius 1 is 1.06 bits per heavy atom. The quantitative estimate of drug-likeness (QED) is 0.522. The number of rotatable bonds is 3. The third kappa shape index (κ3) is 3.01. The van der Waals surface area contributed by atoms with Gasteiger partial charge in [0.2, 0.25) is 5.91 Å². The smallest absolute Gasteiger partial charge is 0.251 e. The van der Waals surface area contributed by atoms with Gasteiger partial charge in [0.15, 0.2) is 5.76 Å². The lowest BCUT2D eigenvalue weighted by atomic mass is 10.1. The summed E-state index contributed by atoms with van der Waals surface area (Å²) in [5.41, 5.74) is 3.95. The van der Waals surface area contributed by atoms with Crippen LogP contribution in [0.2, 0.25) is 0 Å². The largest absolute Gasteiger partial charge is 0.356 e. The summed E-state index contributed by atoms with van der Waals surface area (Å²) >= 11 is 0. The molecule has 2 atom stereocenters. The summed E-state index contributed by atoms with van der Waals surface area (Å²) in [6.07, 6.45) is 0.566. The van der Waals surface area contributed by atoms with Crippen molar-refractivity contribution in [3.63, 3.8) is 0 Å². The fourth-order valence-corrected chi connectivity index (χ4v) is 4.65. The molecule has 0 radical (unpaired) electrons. The van der Waals surface area contributed by atoms with E-state index in [2.05, 4.69) is 20.7 Å². The molecule has 1 aromatic heterocycles. The van der Waals surface area contributed by atoms with Crippen molar-refractivity contribution in [3.05, 3.63) is 78.4 Å². The second-order valence-corrected chi connectivity index (χ2v) is 8.19. The van der Waals surface area contributed by atoms with E-state index in [0.717, 1.165) is 22.3 Å². The maximum Gasteiger partial charge on any atom is 0.251 e. The molecule has 2 aliphatic rings. The molecular weight excluding hydrogens is 404 g/mol. The molecule has 2 aliphatic heterocycles. The predicted molar refractivity (Wildman–Crippen MR) is 122 cm³/mol. The molecule has 7 nitrogen and oxygen atoms in total. The minimum atomic E-state index is -0.277. The van der Waals surface area contributed by atoms with Crippen LogP contribution in [0, 0.1) is 0 Å². The number of nitrogens with one attached hydrogen (secondary N) is 2. The first kappa shape index (κ1) is 18.6. The normalized spacial score (nSPS) is 19.4. The molecule has 3 heterocycles. The lowest BCUT2D eigenvalue weighted by Crippen LogP contribution is -2.44. The topological polar surface area (TPSA) is 87.5 Å². The first-order valence-corrected chi connectivity index (χ1v) is 10.6. The molecule has 32 heavy (non-hydrogen) atoms. The number of nitrogens with zero attached hydrogens (tertiary/aromatic N) is 2. The summed E-state index contributed by atoms with van der Waals surface area (Å²) in [5.74, 6) is 0.436. The van der Waals surface area contributed by atoms with E-state index in [9.17, 15) is 9.59 Å². The zero-order chi connectivity index (χ0) is 21.7. The fourth-order valence-electron chi connectivity index (χ4n) is 4.65. The highest BCUT2D eigenvalue weighted by Crippen LogP contribution is 2.36. The number of carbonyl (C=O) groups excluding carboxylic acids is 2. The van der Waals surface area contributed by atoms with Crippen LogP contribution in [0.15, 0.2) is 77.3 Å². The number of hydrogen-bond acceptors (Lipinski definition) is 5. The van der Waals surface area contributed by atoms with Crippen molar-refractivity contribution < 1.29 is 14.1 Å². The molecule has 2 N–H and O–H groups in total. The Balaban J connectivity index is 1.25. The van der Waals surface area contributed by atoms with Gasteiger partial charge in [0, 0.05) is 23.7 Å². The van der Waals surface area contributed by atoms with Gasteiger partial charge >= 0.3 is 0 Å². The Morgan fingerprint density at radius 2 is 1.88 bits per heavy atom. The first-order chi connectivity index (χ1) is 15.7. The maximum atomic E-state index is 13.1. The molecule has 2 amide bonds. The number of carbonyl (C=O) groups is 2. The zero-order valence-corrected chi connectivity index (χ0v) is 17.1. The Hall–Kier alpha value is -4.13. The van der Waals surface area contributed by atoms with Gasteiger partial charge in [-0.1, -0.05) is 47.6 Å². The van der Waals surface area contributed by atoms with Crippen molar-refractivity contribution in [2.24, 2.45) is 0 Å². The molecule has 3 aromatic carbocycles. The van der Waals surface area contributed by atoms with Gasteiger partial charge in [-0.2, -0.15) is 0 Å². The summed E-state index contributed by atoms with van der Waals surface area (Å²) in [6.45, 7) is 0.589. The van der Waals surface area contributed by atoms with Crippen molar-refractivity contribution in [1.29, 1.82) is 0 Å². The van der Waals surface area contributed by atoms with Crippen LogP contribution in [0.4, 0.5) is 11.4 Å². The first-order valence-electron chi connectivity index (χ1n) is 10.6. The van der Waals surface area contributed by atoms with E-state index in [0.29, 0.717) is 29.8 Å². The van der Waals surface area contributed by atoms with E-state index in [-0.39, 0.29) is 23.9 Å². The number of amides is 2. The van der Waals surface area contributed by atoms with E-state index in [4.69, 9.17) is 4.52 Å². The molecular formula is C25H20N4O3. The molecule has 4 aromatic rings. The van der Waals surface area contributed by atoms with Crippen LogP contribution < -0.4 is 15.5 Å². The number of para-hydroxylation sites is 2. The van der Waals surface area contributed by atoms with Crippen molar-refractivity contribution in [2.45, 2.75) is 18.5 Å². The number of hydrogen-bond donors (Lipinski definition) is 2. The fraction of sp³-hybridized carbons (Fsp3) is 0.160. The van der Waals surface area contributed by atoms with Gasteiger partial charge in [-0.3, -0.25) is 9.59 Å². The van der Waals surface area contributed by atoms with Gasteiger partial charge < -0.3 is 20.1 Å². The van der Waals surface area contributed by atoms with Crippen LogP contribution in [0.1, 0.15) is 16.8 Å². The SMILES string of the molecule is O=C(NC1CC2C(=O)Nc3ccccc3N2C1)c1ccc2noc(-c3ccccc3)c2c1. The maximum absolute atomic E-state index is 13.1. The predicted octanol–water partition coefficient (Wildman–Crippen LogP) is 3.82. The third-order valence-corrected chi connectivity index (χ3v) is 6.18. The molecule has 1 saturated heterocycles. The van der Waals surface area contributed by atoms with Gasteiger partial charge in [0.25, 0.3) is 5.91 Å².